The van der Waals surface area contributed by atoms with Crippen molar-refractivity contribution in [2.45, 2.75) is 13.0 Å². The fourth-order valence-electron chi connectivity index (χ4n) is 2.81. The van der Waals surface area contributed by atoms with Crippen molar-refractivity contribution in [1.82, 2.24) is 9.55 Å². The Kier molecular flexibility index (Phi) is 6.51. The molecule has 1 aromatic heterocycles. The molecule has 1 heterocycles. The third-order valence-corrected chi connectivity index (χ3v) is 4.58. The standard InChI is InChI=1S/C21H20ClN3O4/c1-28-20(26)12-18(21(27)29-2)24-16-7-8-19-17(11-16)23-13-25(19)10-9-14-3-5-15(22)6-4-14/h3-8,11-13,24H,9-10H2,1-2H3/b18-12+. The summed E-state index contributed by atoms with van der Waals surface area (Å²) in [6, 6.07) is 13.3. The number of esters is 2. The van der Waals surface area contributed by atoms with Gasteiger partial charge in [0.15, 0.2) is 0 Å². The molecule has 0 aliphatic carbocycles. The molecule has 0 aliphatic rings. The van der Waals surface area contributed by atoms with E-state index in [4.69, 9.17) is 16.3 Å². The summed E-state index contributed by atoms with van der Waals surface area (Å²) in [6.45, 7) is 0.764. The first-order valence-corrected chi connectivity index (χ1v) is 9.22. The van der Waals surface area contributed by atoms with Crippen molar-refractivity contribution in [2.24, 2.45) is 0 Å². The molecule has 150 valence electrons. The SMILES string of the molecule is COC(=O)/C=C(/Nc1ccc2c(c1)ncn2CCc1ccc(Cl)cc1)C(=O)OC. The Morgan fingerprint density at radius 1 is 1.14 bits per heavy atom. The number of hydrogen-bond acceptors (Lipinski definition) is 6. The molecule has 1 N–H and O–H groups in total. The third-order valence-electron chi connectivity index (χ3n) is 4.32. The van der Waals surface area contributed by atoms with Gasteiger partial charge >= 0.3 is 11.9 Å². The summed E-state index contributed by atoms with van der Waals surface area (Å²) in [5, 5.41) is 3.60. The second-order valence-electron chi connectivity index (χ2n) is 6.22. The second kappa shape index (κ2) is 9.25. The first kappa shape index (κ1) is 20.4. The van der Waals surface area contributed by atoms with Crippen molar-refractivity contribution in [1.29, 1.82) is 0 Å². The summed E-state index contributed by atoms with van der Waals surface area (Å²) in [5.41, 5.74) is 3.47. The van der Waals surface area contributed by atoms with Gasteiger partial charge in [-0.3, -0.25) is 0 Å². The molecule has 3 aromatic rings. The van der Waals surface area contributed by atoms with Gasteiger partial charge in [-0.1, -0.05) is 23.7 Å². The molecule has 29 heavy (non-hydrogen) atoms. The lowest BCUT2D eigenvalue weighted by Crippen LogP contribution is -2.15. The van der Waals surface area contributed by atoms with Gasteiger partial charge in [-0.05, 0) is 42.3 Å². The number of ether oxygens (including phenoxy) is 2. The summed E-state index contributed by atoms with van der Waals surface area (Å²) < 4.78 is 11.3. The van der Waals surface area contributed by atoms with E-state index in [1.54, 1.807) is 18.5 Å². The van der Waals surface area contributed by atoms with Crippen molar-refractivity contribution in [3.05, 3.63) is 71.2 Å². The van der Waals surface area contributed by atoms with Crippen LogP contribution in [0.4, 0.5) is 5.69 Å². The van der Waals surface area contributed by atoms with Gasteiger partial charge in [0, 0.05) is 17.3 Å². The maximum Gasteiger partial charge on any atom is 0.354 e. The quantitative estimate of drug-likeness (QED) is 0.471. The fourth-order valence-corrected chi connectivity index (χ4v) is 2.93. The normalized spacial score (nSPS) is 11.3. The average Bonchev–Trinajstić information content (AvgIpc) is 3.14. The molecule has 0 unspecified atom stereocenters. The molecular weight excluding hydrogens is 394 g/mol. The Morgan fingerprint density at radius 2 is 1.90 bits per heavy atom. The largest absolute Gasteiger partial charge is 0.466 e. The number of benzene rings is 2. The van der Waals surface area contributed by atoms with E-state index >= 15 is 0 Å². The monoisotopic (exact) mass is 413 g/mol. The number of aromatic nitrogens is 2. The molecule has 0 fully saturated rings. The highest BCUT2D eigenvalue weighted by Gasteiger charge is 2.13. The van der Waals surface area contributed by atoms with Crippen LogP contribution in [0.1, 0.15) is 5.56 Å². The number of fused-ring (bicyclic) bond motifs is 1. The molecular formula is C21H20ClN3O4. The van der Waals surface area contributed by atoms with Crippen molar-refractivity contribution < 1.29 is 19.1 Å². The van der Waals surface area contributed by atoms with Crippen molar-refractivity contribution in [3.63, 3.8) is 0 Å². The van der Waals surface area contributed by atoms with Crippen LogP contribution in [-0.2, 0) is 32.0 Å². The van der Waals surface area contributed by atoms with Crippen molar-refractivity contribution in [2.75, 3.05) is 19.5 Å². The van der Waals surface area contributed by atoms with E-state index < -0.39 is 11.9 Å². The zero-order valence-corrected chi connectivity index (χ0v) is 16.8. The van der Waals surface area contributed by atoms with Gasteiger partial charge in [0.05, 0.1) is 37.7 Å². The first-order valence-electron chi connectivity index (χ1n) is 8.84. The number of carbonyl (C=O) groups is 2. The number of halogens is 1. The third kappa shape index (κ3) is 5.14. The molecule has 0 saturated carbocycles. The van der Waals surface area contributed by atoms with Gasteiger partial charge in [-0.15, -0.1) is 0 Å². The van der Waals surface area contributed by atoms with Gasteiger partial charge in [0.2, 0.25) is 0 Å². The zero-order valence-electron chi connectivity index (χ0n) is 16.0. The Hall–Kier alpha value is -3.32. The first-order chi connectivity index (χ1) is 14.0. The maximum absolute atomic E-state index is 11.9. The molecule has 0 spiro atoms. The summed E-state index contributed by atoms with van der Waals surface area (Å²) in [5.74, 6) is -1.34. The number of imidazole rings is 1. The lowest BCUT2D eigenvalue weighted by molar-refractivity contribution is -0.138. The number of aryl methyl sites for hydroxylation is 2. The molecule has 0 atom stereocenters. The predicted molar refractivity (Wildman–Crippen MR) is 111 cm³/mol. The molecule has 0 saturated heterocycles. The molecule has 0 aliphatic heterocycles. The summed E-state index contributed by atoms with van der Waals surface area (Å²) in [7, 11) is 2.47. The topological polar surface area (TPSA) is 82.5 Å². The van der Waals surface area contributed by atoms with Crippen LogP contribution in [0.3, 0.4) is 0 Å². The van der Waals surface area contributed by atoms with Crippen molar-refractivity contribution >= 4 is 40.3 Å². The maximum atomic E-state index is 11.9. The van der Waals surface area contributed by atoms with E-state index in [0.717, 1.165) is 35.1 Å². The molecule has 0 amide bonds. The van der Waals surface area contributed by atoms with Crippen LogP contribution in [0, 0.1) is 0 Å². The minimum atomic E-state index is -0.677. The van der Waals surface area contributed by atoms with Crippen LogP contribution in [0.5, 0.6) is 0 Å². The number of nitrogens with one attached hydrogen (secondary N) is 1. The molecule has 7 nitrogen and oxygen atoms in total. The highest BCUT2D eigenvalue weighted by molar-refractivity contribution is 6.30. The number of nitrogens with zero attached hydrogens (tertiary/aromatic N) is 2. The summed E-state index contributed by atoms with van der Waals surface area (Å²) >= 11 is 5.93. The van der Waals surface area contributed by atoms with Gasteiger partial charge in [-0.2, -0.15) is 0 Å². The minimum absolute atomic E-state index is 0.0270. The lowest BCUT2D eigenvalue weighted by atomic mass is 10.1. The van der Waals surface area contributed by atoms with E-state index in [1.807, 2.05) is 30.3 Å². The number of carbonyl (C=O) groups excluding carboxylic acids is 2. The Bertz CT molecular complexity index is 1060. The van der Waals surface area contributed by atoms with Crippen LogP contribution in [0.2, 0.25) is 5.02 Å². The van der Waals surface area contributed by atoms with Crippen LogP contribution >= 0.6 is 11.6 Å². The van der Waals surface area contributed by atoms with Gasteiger partial charge in [0.25, 0.3) is 0 Å². The predicted octanol–water partition coefficient (Wildman–Crippen LogP) is 3.57. The Morgan fingerprint density at radius 3 is 2.59 bits per heavy atom. The van der Waals surface area contributed by atoms with E-state index in [0.29, 0.717) is 5.69 Å². The molecule has 2 aromatic carbocycles. The lowest BCUT2D eigenvalue weighted by Gasteiger charge is -2.09. The Balaban J connectivity index is 1.77. The highest BCUT2D eigenvalue weighted by atomic mass is 35.5. The van der Waals surface area contributed by atoms with Crippen LogP contribution < -0.4 is 5.32 Å². The highest BCUT2D eigenvalue weighted by Crippen LogP contribution is 2.20. The van der Waals surface area contributed by atoms with Gasteiger partial charge < -0.3 is 19.4 Å². The van der Waals surface area contributed by atoms with E-state index in [2.05, 4.69) is 19.6 Å². The smallest absolute Gasteiger partial charge is 0.354 e. The zero-order chi connectivity index (χ0) is 20.8. The number of methoxy groups -OCH3 is 2. The number of rotatable bonds is 7. The van der Waals surface area contributed by atoms with E-state index in [1.165, 1.54) is 19.8 Å². The van der Waals surface area contributed by atoms with Gasteiger partial charge in [-0.25, -0.2) is 14.6 Å². The van der Waals surface area contributed by atoms with Crippen LogP contribution in [0.25, 0.3) is 11.0 Å². The molecule has 8 heteroatoms. The van der Waals surface area contributed by atoms with Gasteiger partial charge in [0.1, 0.15) is 5.70 Å². The number of hydrogen-bond donors (Lipinski definition) is 1. The minimum Gasteiger partial charge on any atom is -0.466 e. The number of anilines is 1. The molecule has 3 rings (SSSR count). The molecule has 0 radical (unpaired) electrons. The summed E-state index contributed by atoms with van der Waals surface area (Å²) in [4.78, 5) is 27.8. The van der Waals surface area contributed by atoms with E-state index in [-0.39, 0.29) is 5.70 Å². The van der Waals surface area contributed by atoms with Crippen molar-refractivity contribution in [3.8, 4) is 0 Å². The van der Waals surface area contributed by atoms with Crippen LogP contribution in [0.15, 0.2) is 60.6 Å². The van der Waals surface area contributed by atoms with Crippen LogP contribution in [-0.4, -0.2) is 35.7 Å². The summed E-state index contributed by atoms with van der Waals surface area (Å²) in [6.07, 6.45) is 3.66. The second-order valence-corrected chi connectivity index (χ2v) is 6.65. The fraction of sp³-hybridized carbons (Fsp3) is 0.190. The van der Waals surface area contributed by atoms with E-state index in [9.17, 15) is 9.59 Å². The average molecular weight is 414 g/mol. The molecule has 0 bridgehead atoms. The Labute approximate surface area is 172 Å².